The van der Waals surface area contributed by atoms with Crippen LogP contribution < -0.4 is 5.32 Å². The van der Waals surface area contributed by atoms with Crippen molar-refractivity contribution in [2.45, 2.75) is 270 Å². The zero-order valence-corrected chi connectivity index (χ0v) is 35.7. The first kappa shape index (κ1) is 51.8. The maximum atomic E-state index is 12.4. The highest BCUT2D eigenvalue weighted by Crippen LogP contribution is 2.16. The van der Waals surface area contributed by atoms with E-state index in [9.17, 15) is 20.1 Å². The van der Waals surface area contributed by atoms with Gasteiger partial charge in [-0.2, -0.15) is 0 Å². The van der Waals surface area contributed by atoms with Gasteiger partial charge in [-0.1, -0.05) is 205 Å². The van der Waals surface area contributed by atoms with Crippen molar-refractivity contribution in [2.75, 3.05) is 6.61 Å². The van der Waals surface area contributed by atoms with Gasteiger partial charge in [0, 0.05) is 6.42 Å². The number of nitrogens with one attached hydrogen (secondary N) is 1. The molecule has 3 atom stereocenters. The van der Waals surface area contributed by atoms with Crippen molar-refractivity contribution in [3.8, 4) is 0 Å². The summed E-state index contributed by atoms with van der Waals surface area (Å²) >= 11 is 0. The molecule has 0 aromatic heterocycles. The summed E-state index contributed by atoms with van der Waals surface area (Å²) in [5.41, 5.74) is 0. The maximum absolute atomic E-state index is 12.4. The molecule has 0 aliphatic carbocycles. The molecule has 0 rings (SSSR count). The summed E-state index contributed by atoms with van der Waals surface area (Å²) in [7, 11) is 0. The second-order valence-corrected chi connectivity index (χ2v) is 16.3. The van der Waals surface area contributed by atoms with Crippen LogP contribution in [0.4, 0.5) is 0 Å². The Hall–Kier alpha value is -1.17. The molecule has 5 nitrogen and oxygen atoms in total. The first-order chi connectivity index (χ1) is 26.1. The van der Waals surface area contributed by atoms with Gasteiger partial charge >= 0.3 is 0 Å². The third-order valence-corrected chi connectivity index (χ3v) is 11.0. The highest BCUT2D eigenvalue weighted by atomic mass is 16.3. The van der Waals surface area contributed by atoms with Crippen LogP contribution in [0.25, 0.3) is 0 Å². The lowest BCUT2D eigenvalue weighted by molar-refractivity contribution is -0.124. The van der Waals surface area contributed by atoms with Crippen LogP contribution in [-0.4, -0.2) is 46.1 Å². The number of rotatable bonds is 43. The molecule has 3 unspecified atom stereocenters. The lowest BCUT2D eigenvalue weighted by atomic mass is 10.0. The summed E-state index contributed by atoms with van der Waals surface area (Å²) in [4.78, 5) is 12.4. The smallest absolute Gasteiger partial charge is 0.220 e. The molecular weight excluding hydrogens is 655 g/mol. The molecule has 0 fully saturated rings. The van der Waals surface area contributed by atoms with Gasteiger partial charge < -0.3 is 20.6 Å². The zero-order chi connectivity index (χ0) is 38.7. The maximum Gasteiger partial charge on any atom is 0.220 e. The number of hydrogen-bond donors (Lipinski definition) is 4. The Labute approximate surface area is 331 Å². The minimum Gasteiger partial charge on any atom is -0.394 e. The van der Waals surface area contributed by atoms with Crippen molar-refractivity contribution in [1.29, 1.82) is 0 Å². The fraction of sp³-hybridized carbons (Fsp3) is 0.896. The Morgan fingerprint density at radius 3 is 1.09 bits per heavy atom. The van der Waals surface area contributed by atoms with Crippen LogP contribution in [0.15, 0.2) is 24.3 Å². The summed E-state index contributed by atoms with van der Waals surface area (Å²) in [6.45, 7) is 4.18. The topological polar surface area (TPSA) is 89.8 Å². The Kier molecular flexibility index (Phi) is 42.6. The summed E-state index contributed by atoms with van der Waals surface area (Å²) < 4.78 is 0. The number of carbonyl (C=O) groups excluding carboxylic acids is 1. The predicted octanol–water partition coefficient (Wildman–Crippen LogP) is 13.8. The molecule has 53 heavy (non-hydrogen) atoms. The summed E-state index contributed by atoms with van der Waals surface area (Å²) in [6.07, 6.45) is 53.0. The first-order valence-corrected chi connectivity index (χ1v) is 23.6. The van der Waals surface area contributed by atoms with Gasteiger partial charge in [0.2, 0.25) is 5.91 Å². The molecule has 0 radical (unpaired) electrons. The second kappa shape index (κ2) is 43.6. The van der Waals surface area contributed by atoms with Gasteiger partial charge in [-0.3, -0.25) is 4.79 Å². The standard InChI is InChI=1S/C48H93NO4/c1-3-5-7-9-11-13-15-17-19-21-23-24-25-26-28-30-32-34-36-38-40-42-46(51)48(53)45(44-50)49-47(52)43-41-39-37-35-33-31-29-27-22-20-18-16-14-12-10-8-6-4-2/h27,29,34,36,45-46,48,50-51,53H,3-26,28,30-33,35,37-44H2,1-2H3,(H,49,52)/b29-27-,36-34+. The van der Waals surface area contributed by atoms with E-state index in [4.69, 9.17) is 0 Å². The van der Waals surface area contributed by atoms with Gasteiger partial charge in [-0.15, -0.1) is 0 Å². The number of aliphatic hydroxyl groups excluding tert-OH is 3. The van der Waals surface area contributed by atoms with Gasteiger partial charge in [0.15, 0.2) is 0 Å². The number of aliphatic hydroxyl groups is 3. The van der Waals surface area contributed by atoms with Gasteiger partial charge in [0.25, 0.3) is 0 Å². The van der Waals surface area contributed by atoms with Crippen LogP contribution in [0.2, 0.25) is 0 Å². The SMILES string of the molecule is CCCCCCCCCCC/C=C\CCCCCCCC(=O)NC(CO)C(O)C(O)CCC/C=C/CCCCCCCCCCCCCCCCCC. The van der Waals surface area contributed by atoms with Crippen LogP contribution >= 0.6 is 0 Å². The van der Waals surface area contributed by atoms with Crippen LogP contribution in [0.3, 0.4) is 0 Å². The van der Waals surface area contributed by atoms with E-state index in [0.29, 0.717) is 12.8 Å². The molecule has 0 saturated heterocycles. The molecule has 1 amide bonds. The number of amides is 1. The number of allylic oxidation sites excluding steroid dienone is 4. The molecule has 5 heteroatoms. The quantitative estimate of drug-likeness (QED) is 0.0369. The van der Waals surface area contributed by atoms with Crippen molar-refractivity contribution >= 4 is 5.91 Å². The van der Waals surface area contributed by atoms with E-state index in [1.54, 1.807) is 0 Å². The fourth-order valence-electron chi connectivity index (χ4n) is 7.33. The highest BCUT2D eigenvalue weighted by Gasteiger charge is 2.26. The van der Waals surface area contributed by atoms with Gasteiger partial charge in [0.1, 0.15) is 6.10 Å². The molecule has 0 saturated carbocycles. The monoisotopic (exact) mass is 748 g/mol. The molecular formula is C48H93NO4. The molecule has 314 valence electrons. The summed E-state index contributed by atoms with van der Waals surface area (Å²) in [6, 6.07) is -0.828. The van der Waals surface area contributed by atoms with Crippen molar-refractivity contribution in [3.05, 3.63) is 24.3 Å². The Morgan fingerprint density at radius 2 is 0.755 bits per heavy atom. The highest BCUT2D eigenvalue weighted by molar-refractivity contribution is 5.76. The minimum absolute atomic E-state index is 0.160. The molecule has 0 aliphatic rings. The summed E-state index contributed by atoms with van der Waals surface area (Å²) in [5, 5.41) is 33.6. The van der Waals surface area contributed by atoms with E-state index in [-0.39, 0.29) is 12.5 Å². The lowest BCUT2D eigenvalue weighted by Gasteiger charge is -2.26. The Bertz CT molecular complexity index is 784. The van der Waals surface area contributed by atoms with Crippen molar-refractivity contribution in [3.63, 3.8) is 0 Å². The van der Waals surface area contributed by atoms with Gasteiger partial charge in [-0.05, 0) is 64.2 Å². The largest absolute Gasteiger partial charge is 0.394 e. The van der Waals surface area contributed by atoms with Gasteiger partial charge in [0.05, 0.1) is 18.8 Å². The van der Waals surface area contributed by atoms with Crippen molar-refractivity contribution < 1.29 is 20.1 Å². The van der Waals surface area contributed by atoms with Crippen LogP contribution in [-0.2, 0) is 4.79 Å². The van der Waals surface area contributed by atoms with E-state index in [1.165, 1.54) is 180 Å². The molecule has 0 aromatic rings. The van der Waals surface area contributed by atoms with Crippen molar-refractivity contribution in [2.24, 2.45) is 0 Å². The van der Waals surface area contributed by atoms with Gasteiger partial charge in [-0.25, -0.2) is 0 Å². The van der Waals surface area contributed by atoms with E-state index in [0.717, 1.165) is 44.9 Å². The molecule has 0 spiro atoms. The molecule has 0 aliphatic heterocycles. The van der Waals surface area contributed by atoms with E-state index < -0.39 is 18.2 Å². The number of unbranched alkanes of at least 4 members (excludes halogenated alkanes) is 31. The average Bonchev–Trinajstić information content (AvgIpc) is 3.16. The fourth-order valence-corrected chi connectivity index (χ4v) is 7.33. The first-order valence-electron chi connectivity index (χ1n) is 23.6. The third kappa shape index (κ3) is 38.9. The molecule has 0 aromatic carbocycles. The van der Waals surface area contributed by atoms with E-state index in [1.807, 2.05) is 0 Å². The van der Waals surface area contributed by atoms with E-state index >= 15 is 0 Å². The van der Waals surface area contributed by atoms with E-state index in [2.05, 4.69) is 43.5 Å². The number of carbonyl (C=O) groups is 1. The molecule has 4 N–H and O–H groups in total. The second-order valence-electron chi connectivity index (χ2n) is 16.3. The zero-order valence-electron chi connectivity index (χ0n) is 35.7. The van der Waals surface area contributed by atoms with Crippen LogP contribution in [0, 0.1) is 0 Å². The van der Waals surface area contributed by atoms with Crippen LogP contribution in [0.5, 0.6) is 0 Å². The molecule has 0 bridgehead atoms. The normalized spacial score (nSPS) is 13.7. The average molecular weight is 748 g/mol. The predicted molar refractivity (Wildman–Crippen MR) is 231 cm³/mol. The Balaban J connectivity index is 3.64. The molecule has 0 heterocycles. The van der Waals surface area contributed by atoms with Crippen molar-refractivity contribution in [1.82, 2.24) is 5.32 Å². The summed E-state index contributed by atoms with van der Waals surface area (Å²) in [5.74, 6) is -0.160. The Morgan fingerprint density at radius 1 is 0.453 bits per heavy atom. The van der Waals surface area contributed by atoms with Crippen LogP contribution in [0.1, 0.15) is 251 Å². The number of hydrogen-bond acceptors (Lipinski definition) is 4. The third-order valence-electron chi connectivity index (χ3n) is 11.0. The lowest BCUT2D eigenvalue weighted by Crippen LogP contribution is -2.50. The minimum atomic E-state index is -1.16.